The predicted molar refractivity (Wildman–Crippen MR) is 132 cm³/mol. The van der Waals surface area contributed by atoms with Crippen LogP contribution in [0.3, 0.4) is 0 Å². The van der Waals surface area contributed by atoms with Crippen LogP contribution in [0, 0.1) is 17.7 Å². The lowest BCUT2D eigenvalue weighted by molar-refractivity contribution is -0.121. The number of hydrogen-bond acceptors (Lipinski definition) is 7. The van der Waals surface area contributed by atoms with Crippen LogP contribution in [0.5, 0.6) is 5.75 Å². The van der Waals surface area contributed by atoms with Crippen LogP contribution in [0.4, 0.5) is 10.3 Å². The van der Waals surface area contributed by atoms with Gasteiger partial charge in [0.25, 0.3) is 0 Å². The largest absolute Gasteiger partial charge is 0.493 e. The van der Waals surface area contributed by atoms with Gasteiger partial charge in [-0.1, -0.05) is 17.7 Å². The number of anilines is 1. The van der Waals surface area contributed by atoms with Crippen LogP contribution < -0.4 is 20.7 Å². The quantitative estimate of drug-likeness (QED) is 0.455. The van der Waals surface area contributed by atoms with E-state index in [1.54, 1.807) is 31.5 Å². The summed E-state index contributed by atoms with van der Waals surface area (Å²) >= 11 is 5.88. The fraction of sp³-hybridized carbons (Fsp3) is 0.560. The Bertz CT molecular complexity index is 1020. The van der Waals surface area contributed by atoms with E-state index in [2.05, 4.69) is 20.2 Å². The Hall–Kier alpha value is -2.49. The van der Waals surface area contributed by atoms with Gasteiger partial charge in [0.15, 0.2) is 0 Å². The van der Waals surface area contributed by atoms with Crippen LogP contribution in [0.25, 0.3) is 0 Å². The predicted octanol–water partition coefficient (Wildman–Crippen LogP) is 2.71. The van der Waals surface area contributed by atoms with E-state index in [4.69, 9.17) is 27.2 Å². The number of aromatic nitrogens is 2. The zero-order valence-corrected chi connectivity index (χ0v) is 20.7. The Morgan fingerprint density at radius 2 is 2.09 bits per heavy atom. The van der Waals surface area contributed by atoms with E-state index < -0.39 is 5.82 Å². The van der Waals surface area contributed by atoms with Gasteiger partial charge in [-0.3, -0.25) is 4.79 Å². The zero-order valence-electron chi connectivity index (χ0n) is 19.9. The Kier molecular flexibility index (Phi) is 8.09. The van der Waals surface area contributed by atoms with Crippen LogP contribution >= 0.6 is 11.6 Å². The molecule has 1 aromatic carbocycles. The molecule has 4 rings (SSSR count). The fourth-order valence-electron chi connectivity index (χ4n) is 4.91. The van der Waals surface area contributed by atoms with Gasteiger partial charge in [-0.15, -0.1) is 0 Å². The van der Waals surface area contributed by atoms with Crippen molar-refractivity contribution in [3.63, 3.8) is 0 Å². The van der Waals surface area contributed by atoms with E-state index in [1.807, 2.05) is 0 Å². The lowest BCUT2D eigenvalue weighted by Crippen LogP contribution is -2.38. The molecule has 1 saturated carbocycles. The third kappa shape index (κ3) is 6.59. The van der Waals surface area contributed by atoms with Crippen LogP contribution in [0.15, 0.2) is 30.6 Å². The van der Waals surface area contributed by atoms with Crippen molar-refractivity contribution in [1.29, 1.82) is 0 Å². The van der Waals surface area contributed by atoms with Crippen LogP contribution in [0.1, 0.15) is 38.2 Å². The minimum absolute atomic E-state index is 0.0903. The summed E-state index contributed by atoms with van der Waals surface area (Å²) in [6.45, 7) is 3.73. The number of carbonyl (C=O) groups excluding carboxylic acids is 1. The van der Waals surface area contributed by atoms with E-state index in [9.17, 15) is 9.18 Å². The lowest BCUT2D eigenvalue weighted by atomic mass is 9.89. The minimum Gasteiger partial charge on any atom is -0.493 e. The molecule has 1 saturated heterocycles. The average Bonchev–Trinajstić information content (AvgIpc) is 3.52. The Morgan fingerprint density at radius 3 is 2.74 bits per heavy atom. The number of rotatable bonds is 10. The van der Waals surface area contributed by atoms with Gasteiger partial charge in [0.05, 0.1) is 37.1 Å². The number of aliphatic hydroxyl groups is 1. The maximum Gasteiger partial charge on any atom is 0.225 e. The van der Waals surface area contributed by atoms with Crippen molar-refractivity contribution in [2.75, 3.05) is 31.2 Å². The molecule has 1 aromatic heterocycles. The summed E-state index contributed by atoms with van der Waals surface area (Å²) in [6.07, 6.45) is 6.94. The topological polar surface area (TPSA) is 114 Å². The van der Waals surface area contributed by atoms with Crippen LogP contribution in [-0.4, -0.2) is 58.9 Å². The molecular weight excluding hydrogens is 473 g/mol. The molecule has 0 bridgehead atoms. The third-order valence-electron chi connectivity index (χ3n) is 7.07. The molecule has 1 aliphatic heterocycles. The fourth-order valence-corrected chi connectivity index (χ4v) is 5.01. The van der Waals surface area contributed by atoms with Gasteiger partial charge in [0.2, 0.25) is 11.9 Å². The molecule has 4 N–H and O–H groups in total. The monoisotopic (exact) mass is 505 g/mol. The molecule has 0 radical (unpaired) electrons. The van der Waals surface area contributed by atoms with Gasteiger partial charge in [0.1, 0.15) is 11.6 Å². The van der Waals surface area contributed by atoms with Gasteiger partial charge >= 0.3 is 0 Å². The van der Waals surface area contributed by atoms with Crippen molar-refractivity contribution in [3.05, 3.63) is 47.0 Å². The smallest absolute Gasteiger partial charge is 0.225 e. The Labute approximate surface area is 210 Å². The van der Waals surface area contributed by atoms with E-state index in [0.29, 0.717) is 35.6 Å². The molecule has 2 aliphatic rings. The second kappa shape index (κ2) is 11.1. The molecule has 1 unspecified atom stereocenters. The van der Waals surface area contributed by atoms with Crippen molar-refractivity contribution >= 4 is 23.5 Å². The highest BCUT2D eigenvalue weighted by atomic mass is 35.5. The summed E-state index contributed by atoms with van der Waals surface area (Å²) in [5.41, 5.74) is 6.69. The van der Waals surface area contributed by atoms with Crippen molar-refractivity contribution in [3.8, 4) is 5.75 Å². The molecule has 1 aliphatic carbocycles. The number of nitrogens with two attached hydrogens (primary N) is 1. The molecule has 2 aromatic rings. The maximum absolute atomic E-state index is 14.4. The van der Waals surface area contributed by atoms with Gasteiger partial charge < -0.3 is 25.8 Å². The van der Waals surface area contributed by atoms with Gasteiger partial charge in [-0.2, -0.15) is 0 Å². The first-order valence-corrected chi connectivity index (χ1v) is 12.5. The highest BCUT2D eigenvalue weighted by molar-refractivity contribution is 6.30. The highest BCUT2D eigenvalue weighted by Crippen LogP contribution is 2.51. The van der Waals surface area contributed by atoms with E-state index >= 15 is 0 Å². The first-order chi connectivity index (χ1) is 16.8. The first kappa shape index (κ1) is 25.6. The SMILES string of the molecule is CC(CO)NC(=O)Cc1ccc(OCC[C@]2(N)C[C@@H]2C2CCN(c3ncc(Cl)cn3)CC2)cc1F. The number of hydrogen-bond donors (Lipinski definition) is 3. The number of halogens is 2. The molecule has 0 spiro atoms. The molecule has 2 heterocycles. The maximum atomic E-state index is 14.4. The van der Waals surface area contributed by atoms with Crippen molar-refractivity contribution in [2.24, 2.45) is 17.6 Å². The van der Waals surface area contributed by atoms with E-state index in [0.717, 1.165) is 38.3 Å². The molecule has 1 amide bonds. The number of piperidine rings is 1. The molecular formula is C25H33ClFN5O3. The number of aliphatic hydroxyl groups excluding tert-OH is 1. The van der Waals surface area contributed by atoms with Crippen molar-refractivity contribution < 1.29 is 19.0 Å². The van der Waals surface area contributed by atoms with E-state index in [1.165, 1.54) is 6.07 Å². The number of nitrogens with one attached hydrogen (secondary N) is 1. The second-order valence-electron chi connectivity index (χ2n) is 9.75. The Morgan fingerprint density at radius 1 is 1.37 bits per heavy atom. The number of benzene rings is 1. The number of nitrogens with zero attached hydrogens (tertiary/aromatic N) is 3. The van der Waals surface area contributed by atoms with E-state index in [-0.39, 0.29) is 36.1 Å². The summed E-state index contributed by atoms with van der Waals surface area (Å²) in [5.74, 6) is 1.35. The van der Waals surface area contributed by atoms with Crippen molar-refractivity contribution in [1.82, 2.24) is 15.3 Å². The highest BCUT2D eigenvalue weighted by Gasteiger charge is 2.54. The lowest BCUT2D eigenvalue weighted by Gasteiger charge is -2.33. The zero-order chi connectivity index (χ0) is 25.0. The summed E-state index contributed by atoms with van der Waals surface area (Å²) in [7, 11) is 0. The van der Waals surface area contributed by atoms with Gasteiger partial charge in [-0.25, -0.2) is 14.4 Å². The molecule has 2 fully saturated rings. The number of carbonyl (C=O) groups is 1. The average molecular weight is 506 g/mol. The third-order valence-corrected chi connectivity index (χ3v) is 7.26. The number of ether oxygens (including phenoxy) is 1. The summed E-state index contributed by atoms with van der Waals surface area (Å²) in [5, 5.41) is 12.2. The number of amides is 1. The van der Waals surface area contributed by atoms with Gasteiger partial charge in [0, 0.05) is 30.7 Å². The molecule has 3 atom stereocenters. The molecule has 8 nitrogen and oxygen atoms in total. The molecule has 35 heavy (non-hydrogen) atoms. The summed E-state index contributed by atoms with van der Waals surface area (Å²) in [6, 6.07) is 4.17. The standard InChI is InChI=1S/C25H33ClFN5O3/c1-16(15-33)31-23(34)10-18-2-3-20(11-22(18)27)35-9-6-25(28)12-21(25)17-4-7-32(8-5-17)24-29-13-19(26)14-30-24/h2-3,11,13-14,16-17,21,33H,4-10,12,15,28H2,1H3,(H,31,34)/t16?,21-,25+/m1/s1. The summed E-state index contributed by atoms with van der Waals surface area (Å²) < 4.78 is 20.2. The van der Waals surface area contributed by atoms with Crippen LogP contribution in [0.2, 0.25) is 5.02 Å². The summed E-state index contributed by atoms with van der Waals surface area (Å²) in [4.78, 5) is 22.7. The van der Waals surface area contributed by atoms with Gasteiger partial charge in [-0.05, 0) is 56.1 Å². The molecule has 10 heteroatoms. The van der Waals surface area contributed by atoms with Crippen molar-refractivity contribution in [2.45, 2.75) is 50.6 Å². The Balaban J connectivity index is 1.20. The molecule has 190 valence electrons. The van der Waals surface area contributed by atoms with Crippen LogP contribution in [-0.2, 0) is 11.2 Å². The minimum atomic E-state index is -0.488. The second-order valence-corrected chi connectivity index (χ2v) is 10.2. The first-order valence-electron chi connectivity index (χ1n) is 12.1. The normalized spacial score (nSPS) is 23.1.